The predicted octanol–water partition coefficient (Wildman–Crippen LogP) is 2.25. The van der Waals surface area contributed by atoms with E-state index in [9.17, 15) is 9.59 Å². The van der Waals surface area contributed by atoms with Gasteiger partial charge in [0.15, 0.2) is 17.3 Å². The molecule has 0 spiro atoms. The van der Waals surface area contributed by atoms with Gasteiger partial charge in [-0.25, -0.2) is 0 Å². The average molecular weight is 361 g/mol. The van der Waals surface area contributed by atoms with E-state index in [1.807, 2.05) is 0 Å². The molecule has 0 heterocycles. The number of primary amides is 1. The highest BCUT2D eigenvalue weighted by molar-refractivity contribution is 6.01. The summed E-state index contributed by atoms with van der Waals surface area (Å²) in [5, 5.41) is 0. The number of hydrogen-bond donors (Lipinski definition) is 1. The van der Waals surface area contributed by atoms with Crippen molar-refractivity contribution >= 4 is 11.7 Å². The van der Waals surface area contributed by atoms with Gasteiger partial charge in [0.2, 0.25) is 11.7 Å². The second-order valence-electron chi connectivity index (χ2n) is 5.88. The first-order valence-corrected chi connectivity index (χ1v) is 7.97. The van der Waals surface area contributed by atoms with Crippen molar-refractivity contribution < 1.29 is 28.5 Å². The summed E-state index contributed by atoms with van der Waals surface area (Å²) >= 11 is 0. The van der Waals surface area contributed by atoms with Crippen molar-refractivity contribution in [3.63, 3.8) is 0 Å². The molecular formula is C19H23NO6. The minimum absolute atomic E-state index is 0.0784. The summed E-state index contributed by atoms with van der Waals surface area (Å²) in [4.78, 5) is 24.9. The Morgan fingerprint density at radius 3 is 2.04 bits per heavy atom. The molecule has 1 atom stereocenters. The number of nitrogens with two attached hydrogens (primary N) is 1. The van der Waals surface area contributed by atoms with Gasteiger partial charge < -0.3 is 24.7 Å². The van der Waals surface area contributed by atoms with Crippen LogP contribution < -0.4 is 19.9 Å². The molecule has 0 bridgehead atoms. The third-order valence-corrected chi connectivity index (χ3v) is 4.42. The lowest BCUT2D eigenvalue weighted by atomic mass is 9.75. The second-order valence-corrected chi connectivity index (χ2v) is 5.88. The van der Waals surface area contributed by atoms with E-state index >= 15 is 0 Å². The molecule has 1 aliphatic carbocycles. The van der Waals surface area contributed by atoms with Gasteiger partial charge >= 0.3 is 0 Å². The van der Waals surface area contributed by atoms with E-state index in [0.717, 1.165) is 0 Å². The summed E-state index contributed by atoms with van der Waals surface area (Å²) in [5.74, 6) is 0.916. The molecule has 2 rings (SSSR count). The zero-order valence-electron chi connectivity index (χ0n) is 15.3. The molecule has 0 aromatic heterocycles. The number of ketones is 1. The number of carbonyl (C=O) groups is 2. The zero-order valence-corrected chi connectivity index (χ0v) is 15.3. The Hall–Kier alpha value is -2.96. The van der Waals surface area contributed by atoms with E-state index in [1.54, 1.807) is 30.4 Å². The molecule has 7 nitrogen and oxygen atoms in total. The molecule has 1 aliphatic rings. The lowest BCUT2D eigenvalue weighted by Gasteiger charge is -2.28. The Morgan fingerprint density at radius 2 is 1.65 bits per heavy atom. The number of amides is 1. The van der Waals surface area contributed by atoms with Gasteiger partial charge in [0.1, 0.15) is 5.76 Å². The molecule has 140 valence electrons. The summed E-state index contributed by atoms with van der Waals surface area (Å²) in [6.07, 6.45) is 5.23. The third kappa shape index (κ3) is 3.66. The lowest BCUT2D eigenvalue weighted by molar-refractivity contribution is -0.125. The van der Waals surface area contributed by atoms with Crippen LogP contribution in [0, 0.1) is 5.41 Å². The minimum atomic E-state index is -1.10. The van der Waals surface area contributed by atoms with E-state index in [4.69, 9.17) is 24.7 Å². The van der Waals surface area contributed by atoms with Crippen LogP contribution in [0.2, 0.25) is 0 Å². The molecule has 0 aliphatic heterocycles. The van der Waals surface area contributed by atoms with Crippen molar-refractivity contribution in [2.24, 2.45) is 11.1 Å². The first-order valence-electron chi connectivity index (χ1n) is 7.97. The Kier molecular flexibility index (Phi) is 5.92. The average Bonchev–Trinajstić information content (AvgIpc) is 2.66. The van der Waals surface area contributed by atoms with E-state index in [-0.39, 0.29) is 18.6 Å². The smallest absolute Gasteiger partial charge is 0.228 e. The van der Waals surface area contributed by atoms with Gasteiger partial charge in [-0.2, -0.15) is 0 Å². The van der Waals surface area contributed by atoms with Crippen LogP contribution in [-0.4, -0.2) is 40.1 Å². The minimum Gasteiger partial charge on any atom is -0.497 e. The van der Waals surface area contributed by atoms with Crippen LogP contribution in [0.4, 0.5) is 0 Å². The summed E-state index contributed by atoms with van der Waals surface area (Å²) in [5.41, 5.74) is 4.84. The fraction of sp³-hybridized carbons (Fsp3) is 0.368. The van der Waals surface area contributed by atoms with Crippen LogP contribution in [0.5, 0.6) is 17.2 Å². The van der Waals surface area contributed by atoms with Crippen LogP contribution in [0.3, 0.4) is 0 Å². The number of ether oxygens (including phenoxy) is 4. The van der Waals surface area contributed by atoms with Gasteiger partial charge in [-0.15, -0.1) is 0 Å². The third-order valence-electron chi connectivity index (χ3n) is 4.42. The van der Waals surface area contributed by atoms with Gasteiger partial charge in [-0.3, -0.25) is 9.59 Å². The summed E-state index contributed by atoms with van der Waals surface area (Å²) < 4.78 is 20.9. The number of methoxy groups -OCH3 is 4. The molecule has 0 radical (unpaired) electrons. The molecule has 1 unspecified atom stereocenters. The van der Waals surface area contributed by atoms with Gasteiger partial charge in [0.25, 0.3) is 0 Å². The van der Waals surface area contributed by atoms with Gasteiger partial charge in [-0.1, -0.05) is 6.08 Å². The topological polar surface area (TPSA) is 97.1 Å². The zero-order chi connectivity index (χ0) is 19.3. The van der Waals surface area contributed by atoms with E-state index in [1.165, 1.54) is 28.4 Å². The highest BCUT2D eigenvalue weighted by Gasteiger charge is 2.37. The van der Waals surface area contributed by atoms with Crippen molar-refractivity contribution in [2.75, 3.05) is 28.4 Å². The molecule has 1 amide bonds. The molecule has 1 aromatic carbocycles. The molecule has 7 heteroatoms. The Labute approximate surface area is 152 Å². The molecule has 0 fully saturated rings. The molecule has 0 saturated heterocycles. The Balaban J connectivity index is 2.35. The number of carbonyl (C=O) groups excluding carboxylic acids is 2. The lowest BCUT2D eigenvalue weighted by Crippen LogP contribution is -2.38. The van der Waals surface area contributed by atoms with Crippen molar-refractivity contribution in [3.05, 3.63) is 41.7 Å². The first kappa shape index (κ1) is 19.4. The van der Waals surface area contributed by atoms with Gasteiger partial charge in [-0.05, 0) is 30.7 Å². The van der Waals surface area contributed by atoms with Crippen molar-refractivity contribution in [1.29, 1.82) is 0 Å². The quantitative estimate of drug-likeness (QED) is 0.713. The number of benzene rings is 1. The highest BCUT2D eigenvalue weighted by atomic mass is 16.5. The van der Waals surface area contributed by atoms with Crippen LogP contribution in [-0.2, 0) is 9.53 Å². The first-order chi connectivity index (χ1) is 12.4. The van der Waals surface area contributed by atoms with Crippen molar-refractivity contribution in [3.8, 4) is 17.2 Å². The molecule has 2 N–H and O–H groups in total. The van der Waals surface area contributed by atoms with Crippen molar-refractivity contribution in [2.45, 2.75) is 12.8 Å². The Morgan fingerprint density at radius 1 is 1.04 bits per heavy atom. The van der Waals surface area contributed by atoms with E-state index < -0.39 is 11.3 Å². The van der Waals surface area contributed by atoms with Gasteiger partial charge in [0.05, 0.1) is 33.9 Å². The van der Waals surface area contributed by atoms with Crippen LogP contribution in [0.25, 0.3) is 0 Å². The second kappa shape index (κ2) is 7.95. The highest BCUT2D eigenvalue weighted by Crippen LogP contribution is 2.40. The monoisotopic (exact) mass is 361 g/mol. The normalized spacial score (nSPS) is 18.7. The summed E-state index contributed by atoms with van der Waals surface area (Å²) in [6.45, 7) is 0. The van der Waals surface area contributed by atoms with Crippen LogP contribution in [0.15, 0.2) is 36.1 Å². The number of rotatable bonds is 8. The number of allylic oxidation sites excluding steroid dienone is 2. The van der Waals surface area contributed by atoms with Crippen LogP contribution >= 0.6 is 0 Å². The largest absolute Gasteiger partial charge is 0.497 e. The molecular weight excluding hydrogens is 338 g/mol. The maximum Gasteiger partial charge on any atom is 0.228 e. The predicted molar refractivity (Wildman–Crippen MR) is 95.5 cm³/mol. The maximum atomic E-state index is 12.9. The SMILES string of the molecule is COC1=CCC(CC(=O)c2cc(OC)c(OC)c(OC)c2)(C(N)=O)C=C1. The van der Waals surface area contributed by atoms with Gasteiger partial charge in [0, 0.05) is 12.0 Å². The number of Topliss-reactive ketones (excluding diaryl/α,β-unsaturated/α-hetero) is 1. The molecule has 1 aromatic rings. The summed E-state index contributed by atoms with van der Waals surface area (Å²) in [6, 6.07) is 3.11. The fourth-order valence-corrected chi connectivity index (χ4v) is 2.84. The van der Waals surface area contributed by atoms with Crippen LogP contribution in [0.1, 0.15) is 23.2 Å². The maximum absolute atomic E-state index is 12.9. The van der Waals surface area contributed by atoms with Crippen molar-refractivity contribution in [1.82, 2.24) is 0 Å². The number of hydrogen-bond acceptors (Lipinski definition) is 6. The standard InChI is InChI=1S/C19H23NO6/c1-23-13-5-7-19(8-6-13,18(20)22)11-14(21)12-9-15(24-2)17(26-4)16(10-12)25-3/h5-7,9-10H,8,11H2,1-4H3,(H2,20,22). The fourth-order valence-electron chi connectivity index (χ4n) is 2.84. The Bertz CT molecular complexity index is 742. The van der Waals surface area contributed by atoms with E-state index in [2.05, 4.69) is 0 Å². The molecule has 0 saturated carbocycles. The summed E-state index contributed by atoms with van der Waals surface area (Å²) in [7, 11) is 5.96. The molecule has 26 heavy (non-hydrogen) atoms. The van der Waals surface area contributed by atoms with E-state index in [0.29, 0.717) is 28.6 Å².